The first-order chi connectivity index (χ1) is 14.5. The van der Waals surface area contributed by atoms with Gasteiger partial charge in [-0.05, 0) is 39.3 Å². The second-order valence-corrected chi connectivity index (χ2v) is 8.44. The van der Waals surface area contributed by atoms with Crippen molar-refractivity contribution in [3.8, 4) is 0 Å². The highest BCUT2D eigenvalue weighted by Crippen LogP contribution is 2.36. The first kappa shape index (κ1) is 24.6. The fourth-order valence-corrected chi connectivity index (χ4v) is 4.14. The maximum absolute atomic E-state index is 12.3. The van der Waals surface area contributed by atoms with Crippen molar-refractivity contribution < 1.29 is 33.7 Å². The van der Waals surface area contributed by atoms with Crippen LogP contribution in [0.5, 0.6) is 0 Å². The van der Waals surface area contributed by atoms with Gasteiger partial charge in [0.15, 0.2) is 0 Å². The lowest BCUT2D eigenvalue weighted by molar-refractivity contribution is -0.149. The monoisotopic (exact) mass is 432 g/mol. The number of esters is 3. The predicted octanol–water partition coefficient (Wildman–Crippen LogP) is 3.33. The van der Waals surface area contributed by atoms with E-state index in [0.29, 0.717) is 19.3 Å². The fourth-order valence-electron chi connectivity index (χ4n) is 4.14. The maximum Gasteiger partial charge on any atom is 0.334 e. The molecule has 1 aliphatic heterocycles. The van der Waals surface area contributed by atoms with Crippen LogP contribution in [0.1, 0.15) is 53.9 Å². The van der Waals surface area contributed by atoms with Crippen LogP contribution in [0.4, 0.5) is 0 Å². The van der Waals surface area contributed by atoms with Gasteiger partial charge in [-0.3, -0.25) is 9.59 Å². The molecule has 0 aromatic heterocycles. The minimum atomic E-state index is -0.745. The van der Waals surface area contributed by atoms with Crippen LogP contribution in [0.15, 0.2) is 47.1 Å². The zero-order valence-corrected chi connectivity index (χ0v) is 18.8. The van der Waals surface area contributed by atoms with Crippen LogP contribution in [0, 0.1) is 5.92 Å². The SMILES string of the molecule is C=C1C(=O)O[C@H]2/C=C(\C)C[C@H](O)/C=C(\C)C[C@H](OC(C)=O)/C=C(\C)C[C@H](OC(C)=O)[C@H]12. The maximum atomic E-state index is 12.3. The Balaban J connectivity index is 2.52. The molecule has 0 spiro atoms. The van der Waals surface area contributed by atoms with Crippen LogP contribution in [0.25, 0.3) is 0 Å². The second-order valence-electron chi connectivity index (χ2n) is 8.44. The van der Waals surface area contributed by atoms with Gasteiger partial charge in [0.2, 0.25) is 0 Å². The lowest BCUT2D eigenvalue weighted by atomic mass is 9.86. The van der Waals surface area contributed by atoms with Gasteiger partial charge in [-0.25, -0.2) is 4.79 Å². The third kappa shape index (κ3) is 7.21. The summed E-state index contributed by atoms with van der Waals surface area (Å²) in [5.41, 5.74) is 2.78. The molecule has 170 valence electrons. The third-order valence-electron chi connectivity index (χ3n) is 5.27. The highest BCUT2D eigenvalue weighted by molar-refractivity contribution is 5.91. The van der Waals surface area contributed by atoms with E-state index < -0.39 is 48.2 Å². The molecule has 1 N–H and O–H groups in total. The summed E-state index contributed by atoms with van der Waals surface area (Å²) in [6.07, 6.45) is 3.83. The van der Waals surface area contributed by atoms with Crippen molar-refractivity contribution in [1.82, 2.24) is 0 Å². The smallest absolute Gasteiger partial charge is 0.334 e. The first-order valence-corrected chi connectivity index (χ1v) is 10.4. The molecule has 0 unspecified atom stereocenters. The summed E-state index contributed by atoms with van der Waals surface area (Å²) < 4.78 is 16.5. The molecule has 7 heteroatoms. The summed E-state index contributed by atoms with van der Waals surface area (Å²) in [5, 5.41) is 10.5. The van der Waals surface area contributed by atoms with Crippen molar-refractivity contribution in [2.24, 2.45) is 5.92 Å². The van der Waals surface area contributed by atoms with Crippen molar-refractivity contribution in [2.45, 2.75) is 78.3 Å². The predicted molar refractivity (Wildman–Crippen MR) is 115 cm³/mol. The van der Waals surface area contributed by atoms with E-state index in [1.807, 2.05) is 26.8 Å². The Morgan fingerprint density at radius 1 is 0.968 bits per heavy atom. The number of carbonyl (C=O) groups excluding carboxylic acids is 3. The van der Waals surface area contributed by atoms with Crippen LogP contribution < -0.4 is 0 Å². The molecule has 1 aliphatic carbocycles. The molecule has 5 atom stereocenters. The van der Waals surface area contributed by atoms with E-state index in [0.717, 1.165) is 16.7 Å². The van der Waals surface area contributed by atoms with Gasteiger partial charge in [0.1, 0.15) is 18.3 Å². The second kappa shape index (κ2) is 10.6. The lowest BCUT2D eigenvalue weighted by Gasteiger charge is -2.27. The summed E-state index contributed by atoms with van der Waals surface area (Å²) in [7, 11) is 0. The van der Waals surface area contributed by atoms with Gasteiger partial charge in [0.25, 0.3) is 0 Å². The van der Waals surface area contributed by atoms with E-state index in [2.05, 4.69) is 6.58 Å². The van der Waals surface area contributed by atoms with Crippen molar-refractivity contribution in [2.75, 3.05) is 0 Å². The number of fused-ring (bicyclic) bond motifs is 1. The highest BCUT2D eigenvalue weighted by atomic mass is 16.6. The summed E-state index contributed by atoms with van der Waals surface area (Å²) >= 11 is 0. The van der Waals surface area contributed by atoms with Gasteiger partial charge in [0.05, 0.1) is 12.0 Å². The molecule has 0 saturated carbocycles. The van der Waals surface area contributed by atoms with Gasteiger partial charge in [-0.1, -0.05) is 29.4 Å². The summed E-state index contributed by atoms with van der Waals surface area (Å²) in [5.74, 6) is -1.98. The highest BCUT2D eigenvalue weighted by Gasteiger charge is 2.44. The summed E-state index contributed by atoms with van der Waals surface area (Å²) in [4.78, 5) is 35.7. The molecule has 2 aliphatic rings. The number of ether oxygens (including phenoxy) is 3. The van der Waals surface area contributed by atoms with Gasteiger partial charge in [0, 0.05) is 32.3 Å². The van der Waals surface area contributed by atoms with Crippen LogP contribution in [-0.4, -0.2) is 47.4 Å². The number of hydrogen-bond donors (Lipinski definition) is 1. The van der Waals surface area contributed by atoms with Crippen molar-refractivity contribution in [3.63, 3.8) is 0 Å². The molecular formula is C24H32O7. The van der Waals surface area contributed by atoms with Gasteiger partial charge >= 0.3 is 17.9 Å². The molecule has 0 amide bonds. The van der Waals surface area contributed by atoms with Gasteiger partial charge < -0.3 is 19.3 Å². The largest absolute Gasteiger partial charge is 0.461 e. The molecule has 2 rings (SSSR count). The number of rotatable bonds is 2. The minimum Gasteiger partial charge on any atom is -0.461 e. The minimum absolute atomic E-state index is 0.244. The van der Waals surface area contributed by atoms with Gasteiger partial charge in [-0.2, -0.15) is 0 Å². The molecule has 0 bridgehead atoms. The number of aliphatic hydroxyl groups excluding tert-OH is 1. The zero-order valence-electron chi connectivity index (χ0n) is 18.8. The van der Waals surface area contributed by atoms with Crippen molar-refractivity contribution in [3.05, 3.63) is 47.1 Å². The zero-order chi connectivity index (χ0) is 23.3. The number of hydrogen-bond acceptors (Lipinski definition) is 7. The summed E-state index contributed by atoms with van der Waals surface area (Å²) in [6.45, 7) is 12.1. The van der Waals surface area contributed by atoms with Crippen molar-refractivity contribution >= 4 is 17.9 Å². The average Bonchev–Trinajstić information content (AvgIpc) is 2.85. The molecule has 0 aromatic rings. The molecule has 1 heterocycles. The molecule has 7 nitrogen and oxygen atoms in total. The quantitative estimate of drug-likeness (QED) is 0.309. The van der Waals surface area contributed by atoms with E-state index in [1.54, 1.807) is 12.2 Å². The van der Waals surface area contributed by atoms with E-state index in [9.17, 15) is 19.5 Å². The third-order valence-corrected chi connectivity index (χ3v) is 5.27. The first-order valence-electron chi connectivity index (χ1n) is 10.4. The molecular weight excluding hydrogens is 400 g/mol. The molecule has 1 saturated heterocycles. The summed E-state index contributed by atoms with van der Waals surface area (Å²) in [6, 6.07) is 0. The molecule has 0 radical (unpaired) electrons. The van der Waals surface area contributed by atoms with Crippen LogP contribution in [0.3, 0.4) is 0 Å². The van der Waals surface area contributed by atoms with Crippen LogP contribution >= 0.6 is 0 Å². The van der Waals surface area contributed by atoms with E-state index in [-0.39, 0.29) is 5.57 Å². The Kier molecular flexibility index (Phi) is 8.39. The lowest BCUT2D eigenvalue weighted by Crippen LogP contribution is -2.33. The Bertz CT molecular complexity index is 833. The topological polar surface area (TPSA) is 99.1 Å². The fraction of sp³-hybridized carbons (Fsp3) is 0.542. The molecule has 0 aromatic carbocycles. The number of carbonyl (C=O) groups is 3. The Morgan fingerprint density at radius 3 is 2.16 bits per heavy atom. The van der Waals surface area contributed by atoms with Crippen LogP contribution in [-0.2, 0) is 28.6 Å². The molecule has 31 heavy (non-hydrogen) atoms. The van der Waals surface area contributed by atoms with Crippen molar-refractivity contribution in [1.29, 1.82) is 0 Å². The average molecular weight is 433 g/mol. The van der Waals surface area contributed by atoms with E-state index in [1.165, 1.54) is 13.8 Å². The molecule has 1 fully saturated rings. The normalized spacial score (nSPS) is 35.2. The Morgan fingerprint density at radius 2 is 1.55 bits per heavy atom. The number of aliphatic hydroxyl groups is 1. The van der Waals surface area contributed by atoms with E-state index >= 15 is 0 Å². The Hall–Kier alpha value is -2.67. The Labute approximate surface area is 183 Å². The van der Waals surface area contributed by atoms with E-state index in [4.69, 9.17) is 14.2 Å². The van der Waals surface area contributed by atoms with Gasteiger partial charge in [-0.15, -0.1) is 0 Å². The standard InChI is InChI=1S/C24H32O7/c1-13-7-19(27)8-14(2)11-22-23(16(4)24(28)31-22)21(30-18(6)26)12-15(3)10-20(9-13)29-17(5)25/h7,10-11,19-23,27H,4,8-9,12H2,1-3,5-6H3/b13-7+,14-11+,15-10+/t19-,20+,21+,22+,23+/m1/s1. The van der Waals surface area contributed by atoms with Crippen LogP contribution in [0.2, 0.25) is 0 Å².